The molecule has 2 fully saturated rings. The second-order valence-electron chi connectivity index (χ2n) is 6.82. The Morgan fingerprint density at radius 3 is 2.57 bits per heavy atom. The number of benzene rings is 1. The van der Waals surface area contributed by atoms with Crippen LogP contribution in [0.4, 0.5) is 0 Å². The van der Waals surface area contributed by atoms with Crippen LogP contribution in [0.2, 0.25) is 0 Å². The molecule has 21 heavy (non-hydrogen) atoms. The fraction of sp³-hybridized carbons (Fsp3) is 0.667. The van der Waals surface area contributed by atoms with Gasteiger partial charge in [-0.25, -0.2) is 0 Å². The molecule has 3 rings (SSSR count). The van der Waals surface area contributed by atoms with E-state index in [9.17, 15) is 0 Å². The van der Waals surface area contributed by atoms with Crippen LogP contribution in [0.15, 0.2) is 30.3 Å². The highest BCUT2D eigenvalue weighted by Crippen LogP contribution is 2.25. The van der Waals surface area contributed by atoms with Gasteiger partial charge in [0.25, 0.3) is 0 Å². The van der Waals surface area contributed by atoms with E-state index in [1.807, 2.05) is 0 Å². The summed E-state index contributed by atoms with van der Waals surface area (Å²) in [4.78, 5) is 5.27. The average Bonchev–Trinajstić information content (AvgIpc) is 2.50. The van der Waals surface area contributed by atoms with Gasteiger partial charge in [-0.15, -0.1) is 0 Å². The first-order valence-corrected chi connectivity index (χ1v) is 8.51. The Balaban J connectivity index is 1.56. The number of hydrogen-bond donors (Lipinski definition) is 1. The van der Waals surface area contributed by atoms with Crippen molar-refractivity contribution in [3.8, 4) is 0 Å². The minimum absolute atomic E-state index is 0.391. The molecule has 0 spiro atoms. The summed E-state index contributed by atoms with van der Waals surface area (Å²) in [5, 5.41) is 0. The Morgan fingerprint density at radius 1 is 1.10 bits per heavy atom. The normalized spacial score (nSPS) is 32.2. The topological polar surface area (TPSA) is 32.5 Å². The average molecular weight is 287 g/mol. The molecule has 1 saturated carbocycles. The lowest BCUT2D eigenvalue weighted by atomic mass is 9.88. The number of piperazine rings is 1. The van der Waals surface area contributed by atoms with Crippen LogP contribution in [0, 0.1) is 0 Å². The molecule has 0 amide bonds. The van der Waals surface area contributed by atoms with Crippen LogP contribution in [0.3, 0.4) is 0 Å². The highest BCUT2D eigenvalue weighted by molar-refractivity contribution is 5.14. The second kappa shape index (κ2) is 6.91. The monoisotopic (exact) mass is 287 g/mol. The summed E-state index contributed by atoms with van der Waals surface area (Å²) in [5.41, 5.74) is 7.80. The van der Waals surface area contributed by atoms with Crippen molar-refractivity contribution in [2.75, 3.05) is 19.6 Å². The van der Waals surface area contributed by atoms with E-state index in [2.05, 4.69) is 47.1 Å². The zero-order valence-corrected chi connectivity index (χ0v) is 13.2. The van der Waals surface area contributed by atoms with Crippen molar-refractivity contribution in [2.45, 2.75) is 57.3 Å². The van der Waals surface area contributed by atoms with Crippen LogP contribution >= 0.6 is 0 Å². The minimum atomic E-state index is 0.391. The third-order valence-corrected chi connectivity index (χ3v) is 5.22. The molecule has 1 aromatic rings. The molecule has 1 saturated heterocycles. The SMILES string of the molecule is CC1CN(Cc2ccccc2)CCN1C1CCCCC1N. The quantitative estimate of drug-likeness (QED) is 0.927. The smallest absolute Gasteiger partial charge is 0.0251 e. The first-order valence-electron chi connectivity index (χ1n) is 8.51. The molecular formula is C18H29N3. The summed E-state index contributed by atoms with van der Waals surface area (Å²) < 4.78 is 0. The molecule has 2 N–H and O–H groups in total. The van der Waals surface area contributed by atoms with E-state index in [1.165, 1.54) is 44.3 Å². The fourth-order valence-electron chi connectivity index (χ4n) is 4.08. The van der Waals surface area contributed by atoms with Crippen molar-refractivity contribution in [1.29, 1.82) is 0 Å². The predicted octanol–water partition coefficient (Wildman–Crippen LogP) is 2.46. The van der Waals surface area contributed by atoms with Crippen molar-refractivity contribution >= 4 is 0 Å². The maximum absolute atomic E-state index is 6.37. The van der Waals surface area contributed by atoms with Gasteiger partial charge in [-0.05, 0) is 25.3 Å². The number of nitrogens with zero attached hydrogens (tertiary/aromatic N) is 2. The zero-order chi connectivity index (χ0) is 14.7. The molecular weight excluding hydrogens is 258 g/mol. The lowest BCUT2D eigenvalue weighted by Gasteiger charge is -2.47. The largest absolute Gasteiger partial charge is 0.326 e. The van der Waals surface area contributed by atoms with Gasteiger partial charge in [0.2, 0.25) is 0 Å². The molecule has 0 radical (unpaired) electrons. The lowest BCUT2D eigenvalue weighted by molar-refractivity contribution is 0.0246. The van der Waals surface area contributed by atoms with Gasteiger partial charge >= 0.3 is 0 Å². The molecule has 3 unspecified atom stereocenters. The molecule has 2 aliphatic rings. The van der Waals surface area contributed by atoms with E-state index < -0.39 is 0 Å². The highest BCUT2D eigenvalue weighted by atomic mass is 15.3. The number of hydrogen-bond acceptors (Lipinski definition) is 3. The third-order valence-electron chi connectivity index (χ3n) is 5.22. The van der Waals surface area contributed by atoms with Crippen molar-refractivity contribution in [1.82, 2.24) is 9.80 Å². The Labute approximate surface area is 129 Å². The van der Waals surface area contributed by atoms with Crippen molar-refractivity contribution < 1.29 is 0 Å². The molecule has 3 heteroatoms. The highest BCUT2D eigenvalue weighted by Gasteiger charge is 2.33. The molecule has 3 nitrogen and oxygen atoms in total. The van der Waals surface area contributed by atoms with Crippen LogP contribution in [-0.2, 0) is 6.54 Å². The van der Waals surface area contributed by atoms with E-state index in [4.69, 9.17) is 5.73 Å². The summed E-state index contributed by atoms with van der Waals surface area (Å²) in [6.45, 7) is 6.96. The fourth-order valence-corrected chi connectivity index (χ4v) is 4.08. The maximum atomic E-state index is 6.37. The number of nitrogens with two attached hydrogens (primary N) is 1. The summed E-state index contributed by atoms with van der Waals surface area (Å²) in [6.07, 6.45) is 5.18. The first kappa shape index (κ1) is 15.0. The second-order valence-corrected chi connectivity index (χ2v) is 6.82. The van der Waals surface area contributed by atoms with Crippen molar-refractivity contribution in [3.05, 3.63) is 35.9 Å². The summed E-state index contributed by atoms with van der Waals surface area (Å²) >= 11 is 0. The summed E-state index contributed by atoms with van der Waals surface area (Å²) in [6, 6.07) is 12.5. The molecule has 1 aliphatic heterocycles. The molecule has 1 aromatic carbocycles. The van der Waals surface area contributed by atoms with E-state index >= 15 is 0 Å². The Morgan fingerprint density at radius 2 is 1.86 bits per heavy atom. The summed E-state index contributed by atoms with van der Waals surface area (Å²) in [5.74, 6) is 0. The van der Waals surface area contributed by atoms with E-state index in [0.29, 0.717) is 18.1 Å². The van der Waals surface area contributed by atoms with Gasteiger partial charge in [-0.2, -0.15) is 0 Å². The molecule has 116 valence electrons. The number of rotatable bonds is 3. The van der Waals surface area contributed by atoms with E-state index in [0.717, 1.165) is 13.1 Å². The summed E-state index contributed by atoms with van der Waals surface area (Å²) in [7, 11) is 0. The van der Waals surface area contributed by atoms with E-state index in [-0.39, 0.29) is 0 Å². The molecule has 0 aromatic heterocycles. The minimum Gasteiger partial charge on any atom is -0.326 e. The Kier molecular flexibility index (Phi) is 4.94. The van der Waals surface area contributed by atoms with Gasteiger partial charge in [-0.3, -0.25) is 9.80 Å². The van der Waals surface area contributed by atoms with Crippen LogP contribution in [-0.4, -0.2) is 47.6 Å². The zero-order valence-electron chi connectivity index (χ0n) is 13.2. The van der Waals surface area contributed by atoms with E-state index in [1.54, 1.807) is 0 Å². The predicted molar refractivity (Wildman–Crippen MR) is 88.1 cm³/mol. The molecule has 1 heterocycles. The van der Waals surface area contributed by atoms with Crippen LogP contribution in [0.25, 0.3) is 0 Å². The maximum Gasteiger partial charge on any atom is 0.0251 e. The van der Waals surface area contributed by atoms with Gasteiger partial charge in [0.1, 0.15) is 0 Å². The van der Waals surface area contributed by atoms with Gasteiger partial charge in [-0.1, -0.05) is 43.2 Å². The van der Waals surface area contributed by atoms with Crippen LogP contribution in [0.1, 0.15) is 38.2 Å². The van der Waals surface area contributed by atoms with Gasteiger partial charge < -0.3 is 5.73 Å². The standard InChI is InChI=1S/C18H29N3/c1-15-13-20(14-16-7-3-2-4-8-16)11-12-21(15)18-10-6-5-9-17(18)19/h2-4,7-8,15,17-18H,5-6,9-14,19H2,1H3. The van der Waals surface area contributed by atoms with Gasteiger partial charge in [0.05, 0.1) is 0 Å². The van der Waals surface area contributed by atoms with Gasteiger partial charge in [0, 0.05) is 44.3 Å². The molecule has 1 aliphatic carbocycles. The van der Waals surface area contributed by atoms with Crippen molar-refractivity contribution in [2.24, 2.45) is 5.73 Å². The van der Waals surface area contributed by atoms with Crippen LogP contribution in [0.5, 0.6) is 0 Å². The Hall–Kier alpha value is -0.900. The third kappa shape index (κ3) is 3.65. The molecule has 3 atom stereocenters. The molecule has 0 bridgehead atoms. The first-order chi connectivity index (χ1) is 10.2. The van der Waals surface area contributed by atoms with Crippen molar-refractivity contribution in [3.63, 3.8) is 0 Å². The van der Waals surface area contributed by atoms with Gasteiger partial charge in [0.15, 0.2) is 0 Å². The lowest BCUT2D eigenvalue weighted by Crippen LogP contribution is -2.60. The Bertz CT molecular complexity index is 433. The van der Waals surface area contributed by atoms with Crippen LogP contribution < -0.4 is 5.73 Å².